The van der Waals surface area contributed by atoms with E-state index >= 15 is 0 Å². The van der Waals surface area contributed by atoms with Gasteiger partial charge in [-0.25, -0.2) is 0 Å². The lowest BCUT2D eigenvalue weighted by Gasteiger charge is -2.01. The number of nitrogen functional groups attached to an aromatic ring is 1. The lowest BCUT2D eigenvalue weighted by Crippen LogP contribution is -1.86. The van der Waals surface area contributed by atoms with Crippen LogP contribution in [0.5, 0.6) is 0 Å². The number of anilines is 1. The van der Waals surface area contributed by atoms with Crippen LogP contribution in [0.4, 0.5) is 11.4 Å². The molecule has 0 heterocycles. The molecule has 0 radical (unpaired) electrons. The average Bonchev–Trinajstić information content (AvgIpc) is 2.15. The highest BCUT2D eigenvalue weighted by atomic mass is 14.8. The van der Waals surface area contributed by atoms with Gasteiger partial charge in [-0.1, -0.05) is 26.0 Å². The number of benzene rings is 1. The van der Waals surface area contributed by atoms with Gasteiger partial charge in [-0.2, -0.15) is 0 Å². The van der Waals surface area contributed by atoms with E-state index < -0.39 is 0 Å². The molecule has 2 nitrogen and oxygen atoms in total. The van der Waals surface area contributed by atoms with Crippen LogP contribution in [0.1, 0.15) is 26.3 Å². The number of hydrogen-bond donors (Lipinski definition) is 1. The Bertz CT molecular complexity index is 257. The summed E-state index contributed by atoms with van der Waals surface area (Å²) in [5.41, 5.74) is 8.43. The van der Waals surface area contributed by atoms with Crippen molar-refractivity contribution in [3.8, 4) is 0 Å². The molecule has 1 rings (SSSR count). The monoisotopic (exact) mass is 178 g/mol. The normalized spacial score (nSPS) is 9.54. The van der Waals surface area contributed by atoms with E-state index in [9.17, 15) is 0 Å². The molecule has 0 atom stereocenters. The number of nitrogens with two attached hydrogens (primary N) is 1. The zero-order chi connectivity index (χ0) is 10.3. The maximum atomic E-state index is 5.69. The third kappa shape index (κ3) is 3.28. The van der Waals surface area contributed by atoms with E-state index in [1.54, 1.807) is 6.21 Å². The molecule has 2 heteroatoms. The molecule has 72 valence electrons. The van der Waals surface area contributed by atoms with Crippen LogP contribution in [0.3, 0.4) is 0 Å². The van der Waals surface area contributed by atoms with Gasteiger partial charge in [-0.15, -0.1) is 0 Å². The Morgan fingerprint density at radius 1 is 1.31 bits per heavy atom. The van der Waals surface area contributed by atoms with Gasteiger partial charge in [-0.3, -0.25) is 4.99 Å². The molecule has 13 heavy (non-hydrogen) atoms. The van der Waals surface area contributed by atoms with Crippen molar-refractivity contribution in [2.24, 2.45) is 4.99 Å². The number of rotatable bonds is 1. The van der Waals surface area contributed by atoms with Gasteiger partial charge < -0.3 is 5.73 Å². The van der Waals surface area contributed by atoms with Crippen molar-refractivity contribution in [3.05, 3.63) is 23.8 Å². The summed E-state index contributed by atoms with van der Waals surface area (Å²) in [5, 5.41) is 0. The molecule has 0 aliphatic rings. The van der Waals surface area contributed by atoms with E-state index in [4.69, 9.17) is 5.73 Å². The van der Waals surface area contributed by atoms with Crippen molar-refractivity contribution in [3.63, 3.8) is 0 Å². The lowest BCUT2D eigenvalue weighted by atomic mass is 10.2. The van der Waals surface area contributed by atoms with Gasteiger partial charge in [0.1, 0.15) is 0 Å². The third-order valence-electron chi connectivity index (χ3n) is 1.53. The Balaban J connectivity index is 0.000000671. The van der Waals surface area contributed by atoms with Crippen LogP contribution in [0.25, 0.3) is 0 Å². The Kier molecular flexibility index (Phi) is 5.60. The third-order valence-corrected chi connectivity index (χ3v) is 1.53. The molecule has 0 spiro atoms. The molecule has 0 unspecified atom stereocenters. The Labute approximate surface area is 80.5 Å². The number of nitrogens with zero attached hydrogens (tertiary/aromatic N) is 1. The summed E-state index contributed by atoms with van der Waals surface area (Å²) in [4.78, 5) is 4.16. The number of hydrogen-bond acceptors (Lipinski definition) is 2. The largest absolute Gasteiger partial charge is 0.397 e. The quantitative estimate of drug-likeness (QED) is 0.520. The van der Waals surface area contributed by atoms with Crippen molar-refractivity contribution in [1.29, 1.82) is 0 Å². The fraction of sp³-hybridized carbons (Fsp3) is 0.364. The Morgan fingerprint density at radius 2 is 1.92 bits per heavy atom. The predicted molar refractivity (Wildman–Crippen MR) is 60.8 cm³/mol. The molecular weight excluding hydrogens is 160 g/mol. The van der Waals surface area contributed by atoms with E-state index in [1.165, 1.54) is 0 Å². The summed E-state index contributed by atoms with van der Waals surface area (Å²) in [5.74, 6) is 0. The molecule has 0 fully saturated rings. The zero-order valence-electron chi connectivity index (χ0n) is 8.83. The van der Waals surface area contributed by atoms with Crippen LogP contribution in [-0.4, -0.2) is 6.21 Å². The maximum absolute atomic E-state index is 5.69. The van der Waals surface area contributed by atoms with Crippen LogP contribution in [0, 0.1) is 6.92 Å². The van der Waals surface area contributed by atoms with E-state index in [0.717, 1.165) is 16.9 Å². The molecule has 1 aromatic carbocycles. The summed E-state index contributed by atoms with van der Waals surface area (Å²) >= 11 is 0. The van der Waals surface area contributed by atoms with Gasteiger partial charge in [0.2, 0.25) is 0 Å². The molecule has 0 aliphatic carbocycles. The smallest absolute Gasteiger partial charge is 0.0883 e. The van der Waals surface area contributed by atoms with Gasteiger partial charge in [0.25, 0.3) is 0 Å². The summed E-state index contributed by atoms with van der Waals surface area (Å²) in [6.45, 7) is 7.88. The first-order valence-corrected chi connectivity index (χ1v) is 4.59. The summed E-state index contributed by atoms with van der Waals surface area (Å²) in [6.07, 6.45) is 1.75. The van der Waals surface area contributed by atoms with Crippen LogP contribution in [0.15, 0.2) is 23.2 Å². The molecule has 1 aromatic rings. The second-order valence-corrected chi connectivity index (χ2v) is 2.40. The second kappa shape index (κ2) is 6.23. The highest BCUT2D eigenvalue weighted by molar-refractivity contribution is 5.72. The van der Waals surface area contributed by atoms with E-state index in [-0.39, 0.29) is 0 Å². The van der Waals surface area contributed by atoms with Crippen LogP contribution in [0.2, 0.25) is 0 Å². The van der Waals surface area contributed by atoms with Gasteiger partial charge >= 0.3 is 0 Å². The molecular formula is C11H18N2. The van der Waals surface area contributed by atoms with Crippen molar-refractivity contribution in [1.82, 2.24) is 0 Å². The van der Waals surface area contributed by atoms with Crippen molar-refractivity contribution in [2.45, 2.75) is 27.7 Å². The summed E-state index contributed by atoms with van der Waals surface area (Å²) < 4.78 is 0. The first-order chi connectivity index (χ1) is 6.25. The minimum Gasteiger partial charge on any atom is -0.397 e. The van der Waals surface area contributed by atoms with Crippen molar-refractivity contribution < 1.29 is 0 Å². The van der Waals surface area contributed by atoms with Gasteiger partial charge in [-0.05, 0) is 25.5 Å². The molecule has 0 bridgehead atoms. The zero-order valence-corrected chi connectivity index (χ0v) is 8.83. The Morgan fingerprint density at radius 3 is 2.38 bits per heavy atom. The minimum atomic E-state index is 0.739. The highest BCUT2D eigenvalue weighted by Gasteiger charge is 1.97. The van der Waals surface area contributed by atoms with Gasteiger partial charge in [0.15, 0.2) is 0 Å². The lowest BCUT2D eigenvalue weighted by molar-refractivity contribution is 1.40. The Hall–Kier alpha value is -1.31. The van der Waals surface area contributed by atoms with Gasteiger partial charge in [0.05, 0.1) is 11.4 Å². The van der Waals surface area contributed by atoms with Crippen molar-refractivity contribution in [2.75, 3.05) is 5.73 Å². The first kappa shape index (κ1) is 11.7. The molecule has 2 N–H and O–H groups in total. The van der Waals surface area contributed by atoms with E-state index in [1.807, 2.05) is 45.9 Å². The maximum Gasteiger partial charge on any atom is 0.0883 e. The van der Waals surface area contributed by atoms with Crippen LogP contribution < -0.4 is 5.73 Å². The van der Waals surface area contributed by atoms with Crippen LogP contribution >= 0.6 is 0 Å². The number of aliphatic imine (C=N–C) groups is 1. The number of para-hydroxylation sites is 1. The highest BCUT2D eigenvalue weighted by Crippen LogP contribution is 2.24. The van der Waals surface area contributed by atoms with Gasteiger partial charge in [0, 0.05) is 6.21 Å². The van der Waals surface area contributed by atoms with E-state index in [2.05, 4.69) is 4.99 Å². The van der Waals surface area contributed by atoms with Crippen LogP contribution in [-0.2, 0) is 0 Å². The topological polar surface area (TPSA) is 38.4 Å². The second-order valence-electron chi connectivity index (χ2n) is 2.40. The molecule has 0 aliphatic heterocycles. The molecule has 0 amide bonds. The fourth-order valence-corrected chi connectivity index (χ4v) is 0.987. The van der Waals surface area contributed by atoms with Crippen molar-refractivity contribution >= 4 is 17.6 Å². The first-order valence-electron chi connectivity index (χ1n) is 4.59. The molecule has 0 aromatic heterocycles. The molecule has 0 saturated carbocycles. The number of aryl methyl sites for hydroxylation is 1. The summed E-state index contributed by atoms with van der Waals surface area (Å²) in [7, 11) is 0. The fourth-order valence-electron chi connectivity index (χ4n) is 0.987. The SMILES string of the molecule is CC.CC=Nc1c(C)cccc1N. The predicted octanol–water partition coefficient (Wildman–Crippen LogP) is 3.33. The average molecular weight is 178 g/mol. The minimum absolute atomic E-state index is 0.739. The van der Waals surface area contributed by atoms with E-state index in [0.29, 0.717) is 0 Å². The standard InChI is InChI=1S/C9H12N2.C2H6/c1-3-11-9-7(2)5-4-6-8(9)10;1-2/h3-6H,10H2,1-2H3;1-2H3. The summed E-state index contributed by atoms with van der Waals surface area (Å²) in [6, 6.07) is 5.79. The molecule has 0 saturated heterocycles.